The standard InChI is InChI=1S/C27H27ClN2O5S/c1-15(2)17-5-7-18(8-6-17)24-23(26(33)35-12-11-34-4)16(3)29-27-30(24)25(32)22(36-27)14-19-13-20(28)9-10-21(19)31/h5-10,13-15,24,31H,11-12H2,1-4H3. The predicted octanol–water partition coefficient (Wildman–Crippen LogP) is 3.91. The molecule has 7 nitrogen and oxygen atoms in total. The van der Waals surface area contributed by atoms with Gasteiger partial charge in [-0.3, -0.25) is 9.36 Å². The molecule has 0 saturated heterocycles. The molecule has 2 heterocycles. The number of phenols is 1. The number of esters is 1. The molecular weight excluding hydrogens is 500 g/mol. The number of hydrogen-bond donors (Lipinski definition) is 1. The van der Waals surface area contributed by atoms with Crippen LogP contribution in [0.15, 0.2) is 63.5 Å². The van der Waals surface area contributed by atoms with Crippen LogP contribution in [0.25, 0.3) is 6.08 Å². The molecule has 1 aromatic heterocycles. The van der Waals surface area contributed by atoms with Crippen molar-refractivity contribution in [2.45, 2.75) is 32.7 Å². The number of phenolic OH excluding ortho intramolecular Hbond substituents is 1. The summed E-state index contributed by atoms with van der Waals surface area (Å²) in [4.78, 5) is 31.9. The highest BCUT2D eigenvalue weighted by Crippen LogP contribution is 2.31. The number of rotatable bonds is 7. The minimum Gasteiger partial charge on any atom is -0.507 e. The van der Waals surface area contributed by atoms with Gasteiger partial charge in [-0.2, -0.15) is 0 Å². The smallest absolute Gasteiger partial charge is 0.338 e. The van der Waals surface area contributed by atoms with Crippen molar-refractivity contribution in [2.24, 2.45) is 4.99 Å². The summed E-state index contributed by atoms with van der Waals surface area (Å²) in [7, 11) is 1.53. The Morgan fingerprint density at radius 1 is 1.22 bits per heavy atom. The van der Waals surface area contributed by atoms with Crippen LogP contribution in [0, 0.1) is 0 Å². The van der Waals surface area contributed by atoms with Crippen LogP contribution in [0.3, 0.4) is 0 Å². The number of benzene rings is 2. The minimum atomic E-state index is -0.715. The summed E-state index contributed by atoms with van der Waals surface area (Å²) in [5.41, 5.74) is 2.78. The normalized spacial score (nSPS) is 15.7. The van der Waals surface area contributed by atoms with Gasteiger partial charge in [0.05, 0.1) is 28.5 Å². The van der Waals surface area contributed by atoms with Gasteiger partial charge in [-0.1, -0.05) is 61.1 Å². The average Bonchev–Trinajstić information content (AvgIpc) is 3.15. The lowest BCUT2D eigenvalue weighted by molar-refractivity contribution is -0.140. The van der Waals surface area contributed by atoms with Crippen LogP contribution in [0.1, 0.15) is 49.4 Å². The summed E-state index contributed by atoms with van der Waals surface area (Å²) in [5.74, 6) is -0.208. The molecular formula is C27H27ClN2O5S. The van der Waals surface area contributed by atoms with Crippen molar-refractivity contribution >= 4 is 35.0 Å². The number of aromatic hydroxyl groups is 1. The number of carbonyl (C=O) groups excluding carboxylic acids is 1. The fourth-order valence-corrected chi connectivity index (χ4v) is 5.26. The number of ether oxygens (including phenoxy) is 2. The molecule has 36 heavy (non-hydrogen) atoms. The Morgan fingerprint density at radius 3 is 2.61 bits per heavy atom. The van der Waals surface area contributed by atoms with Gasteiger partial charge in [-0.15, -0.1) is 0 Å². The second-order valence-electron chi connectivity index (χ2n) is 8.74. The largest absolute Gasteiger partial charge is 0.507 e. The van der Waals surface area contributed by atoms with Crippen molar-refractivity contribution in [3.05, 3.63) is 95.1 Å². The van der Waals surface area contributed by atoms with Crippen molar-refractivity contribution < 1.29 is 19.4 Å². The van der Waals surface area contributed by atoms with E-state index >= 15 is 0 Å². The Balaban J connectivity index is 1.90. The number of thiazole rings is 1. The summed E-state index contributed by atoms with van der Waals surface area (Å²) in [5, 5.41) is 10.7. The zero-order valence-electron chi connectivity index (χ0n) is 20.4. The van der Waals surface area contributed by atoms with Gasteiger partial charge in [0.25, 0.3) is 5.56 Å². The van der Waals surface area contributed by atoms with Gasteiger partial charge in [-0.25, -0.2) is 9.79 Å². The number of carbonyl (C=O) groups is 1. The lowest BCUT2D eigenvalue weighted by Crippen LogP contribution is -2.40. The third kappa shape index (κ3) is 5.16. The molecule has 1 atom stereocenters. The maximum atomic E-state index is 13.7. The SMILES string of the molecule is COCCOC(=O)C1=C(C)N=c2sc(=Cc3cc(Cl)ccc3O)c(=O)n2C1c1ccc(C(C)C)cc1. The molecule has 0 bridgehead atoms. The highest BCUT2D eigenvalue weighted by molar-refractivity contribution is 7.07. The maximum absolute atomic E-state index is 13.7. The molecule has 2 aromatic carbocycles. The van der Waals surface area contributed by atoms with Crippen LogP contribution in [0.4, 0.5) is 0 Å². The monoisotopic (exact) mass is 526 g/mol. The molecule has 188 valence electrons. The van der Waals surface area contributed by atoms with Crippen LogP contribution in [-0.4, -0.2) is 36.0 Å². The molecule has 1 aliphatic rings. The Hall–Kier alpha value is -3.20. The number of methoxy groups -OCH3 is 1. The Bertz CT molecular complexity index is 1500. The van der Waals surface area contributed by atoms with Crippen LogP contribution in [0.5, 0.6) is 5.75 Å². The van der Waals surface area contributed by atoms with Crippen molar-refractivity contribution in [3.63, 3.8) is 0 Å². The second kappa shape index (κ2) is 10.8. The molecule has 3 aromatic rings. The van der Waals surface area contributed by atoms with Crippen LogP contribution in [0.2, 0.25) is 5.02 Å². The topological polar surface area (TPSA) is 90.1 Å². The number of halogens is 1. The Morgan fingerprint density at radius 2 is 1.94 bits per heavy atom. The first-order valence-electron chi connectivity index (χ1n) is 11.5. The number of nitrogens with zero attached hydrogens (tertiary/aromatic N) is 2. The molecule has 0 fully saturated rings. The average molecular weight is 527 g/mol. The number of allylic oxidation sites excluding steroid dienone is 1. The van der Waals surface area contributed by atoms with E-state index in [1.54, 1.807) is 25.1 Å². The molecule has 1 N–H and O–H groups in total. The lowest BCUT2D eigenvalue weighted by Gasteiger charge is -2.25. The van der Waals surface area contributed by atoms with Crippen molar-refractivity contribution in [1.29, 1.82) is 0 Å². The Labute approximate surface area is 217 Å². The highest BCUT2D eigenvalue weighted by Gasteiger charge is 2.33. The fraction of sp³-hybridized carbons (Fsp3) is 0.296. The molecule has 9 heteroatoms. The highest BCUT2D eigenvalue weighted by atomic mass is 35.5. The van der Waals surface area contributed by atoms with E-state index in [0.29, 0.717) is 37.1 Å². The number of aromatic nitrogens is 1. The summed E-state index contributed by atoms with van der Waals surface area (Å²) >= 11 is 7.28. The third-order valence-electron chi connectivity index (χ3n) is 5.96. The predicted molar refractivity (Wildman–Crippen MR) is 140 cm³/mol. The van der Waals surface area contributed by atoms with E-state index in [4.69, 9.17) is 21.1 Å². The number of fused-ring (bicyclic) bond motifs is 1. The maximum Gasteiger partial charge on any atom is 0.338 e. The van der Waals surface area contributed by atoms with E-state index in [0.717, 1.165) is 11.1 Å². The summed E-state index contributed by atoms with van der Waals surface area (Å²) < 4.78 is 12.3. The van der Waals surface area contributed by atoms with Gasteiger partial charge in [0.15, 0.2) is 4.80 Å². The third-order valence-corrected chi connectivity index (χ3v) is 7.18. The van der Waals surface area contributed by atoms with Crippen molar-refractivity contribution in [1.82, 2.24) is 4.57 Å². The van der Waals surface area contributed by atoms with Gasteiger partial charge < -0.3 is 14.6 Å². The molecule has 1 aliphatic heterocycles. The summed E-state index contributed by atoms with van der Waals surface area (Å²) in [6.07, 6.45) is 1.58. The zero-order valence-corrected chi connectivity index (χ0v) is 22.0. The summed E-state index contributed by atoms with van der Waals surface area (Å²) in [6, 6.07) is 11.8. The second-order valence-corrected chi connectivity index (χ2v) is 10.2. The lowest BCUT2D eigenvalue weighted by atomic mass is 9.93. The van der Waals surface area contributed by atoms with E-state index in [-0.39, 0.29) is 24.5 Å². The molecule has 0 radical (unpaired) electrons. The summed E-state index contributed by atoms with van der Waals surface area (Å²) in [6.45, 7) is 6.29. The van der Waals surface area contributed by atoms with Crippen LogP contribution in [-0.2, 0) is 14.3 Å². The van der Waals surface area contributed by atoms with E-state index in [2.05, 4.69) is 18.8 Å². The van der Waals surface area contributed by atoms with E-state index in [9.17, 15) is 14.7 Å². The molecule has 1 unspecified atom stereocenters. The van der Waals surface area contributed by atoms with Gasteiger partial charge >= 0.3 is 5.97 Å². The van der Waals surface area contributed by atoms with Crippen molar-refractivity contribution in [3.8, 4) is 5.75 Å². The first-order valence-corrected chi connectivity index (χ1v) is 12.7. The molecule has 4 rings (SSSR count). The van der Waals surface area contributed by atoms with Crippen LogP contribution < -0.4 is 14.9 Å². The fourth-order valence-electron chi connectivity index (χ4n) is 4.04. The van der Waals surface area contributed by atoms with E-state index < -0.39 is 12.0 Å². The quantitative estimate of drug-likeness (QED) is 0.372. The molecule has 0 saturated carbocycles. The number of hydrogen-bond acceptors (Lipinski definition) is 7. The van der Waals surface area contributed by atoms with Crippen LogP contribution >= 0.6 is 22.9 Å². The Kier molecular flexibility index (Phi) is 7.78. The molecule has 0 aliphatic carbocycles. The van der Waals surface area contributed by atoms with Gasteiger partial charge in [0.1, 0.15) is 12.4 Å². The van der Waals surface area contributed by atoms with E-state index in [1.807, 2.05) is 24.3 Å². The van der Waals surface area contributed by atoms with Gasteiger partial charge in [-0.05, 0) is 48.2 Å². The first kappa shape index (κ1) is 25.9. The van der Waals surface area contributed by atoms with Gasteiger partial charge in [0, 0.05) is 17.7 Å². The van der Waals surface area contributed by atoms with Gasteiger partial charge in [0.2, 0.25) is 0 Å². The van der Waals surface area contributed by atoms with Crippen molar-refractivity contribution in [2.75, 3.05) is 20.3 Å². The molecule has 0 spiro atoms. The zero-order chi connectivity index (χ0) is 26.0. The minimum absolute atomic E-state index is 0.00431. The molecule has 0 amide bonds. The van der Waals surface area contributed by atoms with E-state index in [1.165, 1.54) is 29.1 Å². The first-order chi connectivity index (χ1) is 17.2.